The van der Waals surface area contributed by atoms with Gasteiger partial charge in [-0.05, 0) is 220 Å². The second kappa shape index (κ2) is 75.9. The molecule has 0 spiro atoms. The van der Waals surface area contributed by atoms with E-state index < -0.39 is 97.6 Å². The number of hydrogen-bond donors (Lipinski definition) is 28. The zero-order valence-corrected chi connectivity index (χ0v) is 94.7. The number of aliphatic hydroxyl groups excluding tert-OH is 12. The lowest BCUT2D eigenvalue weighted by Gasteiger charge is -2.19. The summed E-state index contributed by atoms with van der Waals surface area (Å²) in [5.41, 5.74) is 16.3. The van der Waals surface area contributed by atoms with Gasteiger partial charge in [0.05, 0.1) is 66.1 Å². The highest BCUT2D eigenvalue weighted by Gasteiger charge is 2.34. The van der Waals surface area contributed by atoms with Gasteiger partial charge >= 0.3 is 71.2 Å². The van der Waals surface area contributed by atoms with Crippen molar-refractivity contribution in [3.63, 3.8) is 0 Å². The molecule has 8 aromatic rings. The fourth-order valence-corrected chi connectivity index (χ4v) is 12.0. The number of aliphatic hydroxyl groups is 12. The Labute approximate surface area is 893 Å². The summed E-state index contributed by atoms with van der Waals surface area (Å²) in [6.07, 6.45) is 4.06. The molecule has 0 saturated carbocycles. The van der Waals surface area contributed by atoms with Gasteiger partial charge in [0.1, 0.15) is 0 Å². The summed E-state index contributed by atoms with van der Waals surface area (Å²) in [6, 6.07) is 37.9. The van der Waals surface area contributed by atoms with Crippen molar-refractivity contribution < 1.29 is 160 Å². The lowest BCUT2D eigenvalue weighted by molar-refractivity contribution is 0.263. The number of fused-ring (bicyclic) bond motifs is 6. The van der Waals surface area contributed by atoms with Gasteiger partial charge in [-0.2, -0.15) is 0 Å². The fraction of sp³-hybridized carbons (Fsp3) is 0.551. The van der Waals surface area contributed by atoms with Crippen LogP contribution in [0.2, 0.25) is 0 Å². The molecule has 3 aliphatic heterocycles. The number of benzene rings is 8. The highest BCUT2D eigenvalue weighted by atomic mass is 16.5. The minimum atomic E-state index is -1.83. The van der Waals surface area contributed by atoms with E-state index >= 15 is 0 Å². The van der Waals surface area contributed by atoms with Crippen molar-refractivity contribution in [3.8, 4) is 0 Å². The Bertz CT molecular complexity index is 4400. The zero-order valence-electron chi connectivity index (χ0n) is 94.7. The Morgan fingerprint density at radius 1 is 0.228 bits per heavy atom. The second-order valence-electron chi connectivity index (χ2n) is 46.4. The molecule has 28 N–H and O–H groups in total. The molecule has 32 nitrogen and oxygen atoms in total. The van der Waals surface area contributed by atoms with Crippen LogP contribution in [0, 0.1) is 37.9 Å². The summed E-state index contributed by atoms with van der Waals surface area (Å²) >= 11 is 0. The van der Waals surface area contributed by atoms with E-state index in [0.717, 1.165) is 56.6 Å². The smallest absolute Gasteiger partial charge is 0.423 e. The molecule has 3 heterocycles. The van der Waals surface area contributed by atoms with E-state index in [9.17, 15) is 30.3 Å². The molecule has 0 saturated heterocycles. The van der Waals surface area contributed by atoms with Gasteiger partial charge < -0.3 is 160 Å². The summed E-state index contributed by atoms with van der Waals surface area (Å²) < 4.78 is 21.0. The third-order valence-electron chi connectivity index (χ3n) is 17.8. The Morgan fingerprint density at radius 3 is 0.617 bits per heavy atom. The largest absolute Gasteiger partial charge is 0.491 e. The van der Waals surface area contributed by atoms with E-state index in [2.05, 4.69) is 200 Å². The standard InChI is InChI=1S/C18H22B2O6.2C10H14O2.2C8H12B2O6.2C8H10B2O5.7C5H12.C2H6/c21-11-15-9-16(12-22)18-10-17(15)19(23)25-6-4-13-2-1-3-14(8-13)5-7-26-20(18)24;2*11-6-4-9-2-1-3-10(8-9)5-7-12;2*11-3-5-1-6(4-12)8(10(15)16)2-7(5)9(13)14;2*11-3-5-1-6-4-15-10(14)8(6)2-7(5)9(12)13;7*1-5(2,3)4;1-2/h1-3,8-10,21-24H,4-7,11-12H2;2*1-3,8,11-12H,4-7H2;2*1-2,11-16H,3-4H2;2*1-2,11-14H,3-4H2;7*1-4H3;1-2H3. The van der Waals surface area contributed by atoms with Crippen LogP contribution >= 0.6 is 0 Å². The average molecular weight is 2090 g/mol. The first-order chi connectivity index (χ1) is 68.6. The van der Waals surface area contributed by atoms with Crippen molar-refractivity contribution in [1.29, 1.82) is 0 Å². The van der Waals surface area contributed by atoms with E-state index in [1.54, 1.807) is 18.2 Å². The van der Waals surface area contributed by atoms with E-state index in [0.29, 0.717) is 134 Å². The minimum absolute atomic E-state index is 0.0252. The normalized spacial score (nSPS) is 12.3. The molecule has 3 aliphatic rings. The monoisotopic (exact) mass is 2090 g/mol. The summed E-state index contributed by atoms with van der Waals surface area (Å²) in [5.74, 6) is 0. The summed E-state index contributed by atoms with van der Waals surface area (Å²) in [6.45, 7) is 64.2. The molecular weight excluding hydrogens is 1910 g/mol. The van der Waals surface area contributed by atoms with Crippen molar-refractivity contribution in [2.24, 2.45) is 37.9 Å². The Hall–Kier alpha value is -6.87. The molecule has 4 bridgehead atoms. The molecule has 0 amide bonds. The first-order valence-electron chi connectivity index (χ1n) is 50.3. The molecule has 8 aromatic carbocycles. The van der Waals surface area contributed by atoms with Crippen molar-refractivity contribution in [3.05, 3.63) is 222 Å². The van der Waals surface area contributed by atoms with Crippen molar-refractivity contribution >= 4 is 126 Å². The van der Waals surface area contributed by atoms with Gasteiger partial charge in [0, 0.05) is 39.6 Å². The molecule has 0 atom stereocenters. The van der Waals surface area contributed by atoms with Gasteiger partial charge in [0.15, 0.2) is 0 Å². The molecule has 42 heteroatoms. The van der Waals surface area contributed by atoms with E-state index in [-0.39, 0.29) is 121 Å². The van der Waals surface area contributed by atoms with Gasteiger partial charge in [0.2, 0.25) is 0 Å². The Morgan fingerprint density at radius 2 is 0.416 bits per heavy atom. The van der Waals surface area contributed by atoms with Crippen LogP contribution in [0.4, 0.5) is 0 Å². The van der Waals surface area contributed by atoms with Crippen LogP contribution in [-0.2, 0) is 123 Å². The maximum Gasteiger partial charge on any atom is 0.491 e. The molecule has 0 aromatic heterocycles. The average Bonchev–Trinajstić information content (AvgIpc) is 1.81. The van der Waals surface area contributed by atoms with Crippen LogP contribution in [0.25, 0.3) is 0 Å². The van der Waals surface area contributed by atoms with Crippen LogP contribution < -0.4 is 54.6 Å². The first-order valence-corrected chi connectivity index (χ1v) is 50.3. The van der Waals surface area contributed by atoms with Crippen LogP contribution in [0.15, 0.2) is 133 Å². The van der Waals surface area contributed by atoms with E-state index in [1.165, 1.54) is 30.3 Å². The third kappa shape index (κ3) is 73.2. The molecule has 11 rings (SSSR count). The molecular formula is C107H184B10O32. The van der Waals surface area contributed by atoms with Crippen LogP contribution in [0.5, 0.6) is 0 Å². The summed E-state index contributed by atoms with van der Waals surface area (Å²) in [4.78, 5) is 0. The minimum Gasteiger partial charge on any atom is -0.423 e. The van der Waals surface area contributed by atoms with Crippen LogP contribution in [-0.4, -0.2) is 252 Å². The first kappa shape index (κ1) is 148. The van der Waals surface area contributed by atoms with E-state index in [4.69, 9.17) is 130 Å². The van der Waals surface area contributed by atoms with Crippen LogP contribution in [0.1, 0.15) is 297 Å². The third-order valence-corrected chi connectivity index (χ3v) is 17.8. The summed E-state index contributed by atoms with van der Waals surface area (Å²) in [5, 5.41) is 256. The van der Waals surface area contributed by atoms with Gasteiger partial charge in [-0.3, -0.25) is 0 Å². The van der Waals surface area contributed by atoms with Crippen molar-refractivity contribution in [1.82, 2.24) is 0 Å². The maximum absolute atomic E-state index is 10.4. The topological polar surface area (TPSA) is 603 Å². The Balaban J connectivity index is -0.000000786. The quantitative estimate of drug-likeness (QED) is 0.0431. The van der Waals surface area contributed by atoms with Gasteiger partial charge in [0.25, 0.3) is 0 Å². The van der Waals surface area contributed by atoms with Crippen molar-refractivity contribution in [2.45, 2.75) is 312 Å². The highest BCUT2D eigenvalue weighted by molar-refractivity contribution is 6.67. The van der Waals surface area contributed by atoms with Gasteiger partial charge in [-0.15, -0.1) is 0 Å². The summed E-state index contributed by atoms with van der Waals surface area (Å²) in [7, 11) is -15.2. The second-order valence-corrected chi connectivity index (χ2v) is 46.4. The predicted molar refractivity (Wildman–Crippen MR) is 608 cm³/mol. The molecule has 834 valence electrons. The highest BCUT2D eigenvalue weighted by Crippen LogP contribution is 2.19. The molecule has 0 unspecified atom stereocenters. The molecule has 0 fully saturated rings. The van der Waals surface area contributed by atoms with Crippen molar-refractivity contribution in [2.75, 3.05) is 39.6 Å². The maximum atomic E-state index is 10.4. The number of hydrogen-bond acceptors (Lipinski definition) is 32. The molecule has 0 radical (unpaired) electrons. The van der Waals surface area contributed by atoms with Crippen LogP contribution in [0.3, 0.4) is 0 Å². The zero-order chi connectivity index (χ0) is 116. The predicted octanol–water partition coefficient (Wildman–Crippen LogP) is 2.00. The van der Waals surface area contributed by atoms with Gasteiger partial charge in [-0.25, -0.2) is 0 Å². The lowest BCUT2D eigenvalue weighted by Crippen LogP contribution is -2.44. The van der Waals surface area contributed by atoms with Gasteiger partial charge in [-0.1, -0.05) is 341 Å². The number of rotatable bonds is 22. The van der Waals surface area contributed by atoms with E-state index in [1.807, 2.05) is 80.6 Å². The Kier molecular flexibility index (Phi) is 75.5. The fourth-order valence-electron chi connectivity index (χ4n) is 12.0. The molecule has 0 aliphatic carbocycles. The molecule has 149 heavy (non-hydrogen) atoms. The SMILES string of the molecule is CC.CC(C)(C)C.CC(C)(C)C.CC(C)(C)C.CC(C)(C)C.CC(C)(C)C.CC(C)(C)C.CC(C)(C)C.OCCc1cccc(CCO)c1.OCCc1cccc(CCO)c1.OCc1cc(CO)c(B(O)O)cc1B(O)O.OCc1cc(CO)c(B(O)O)cc1B(O)O.OCc1cc(CO)c2cc1B(O)OCCc1cccc(c1)CCOB2O.OCc1cc2c(cc1B(O)O)B(O)OC2.OCc1cc2c(cc1B(O)O)B(O)OC2. The lowest BCUT2D eigenvalue weighted by atomic mass is 9.68.